The summed E-state index contributed by atoms with van der Waals surface area (Å²) in [6, 6.07) is 11.6. The van der Waals surface area contributed by atoms with E-state index in [1.165, 1.54) is 0 Å². The highest BCUT2D eigenvalue weighted by Gasteiger charge is 2.10. The quantitative estimate of drug-likeness (QED) is 0.387. The van der Waals surface area contributed by atoms with Crippen LogP contribution in [-0.4, -0.2) is 27.0 Å². The molecule has 132 valence electrons. The topological polar surface area (TPSA) is 52.1 Å². The molecular weight excluding hydrogens is 384 g/mol. The maximum atomic E-state index is 5.61. The number of hydrazone groups is 1. The van der Waals surface area contributed by atoms with Crippen LogP contribution in [0.15, 0.2) is 58.6 Å². The van der Waals surface area contributed by atoms with Gasteiger partial charge in [-0.25, -0.2) is 0 Å². The van der Waals surface area contributed by atoms with Gasteiger partial charge in [-0.1, -0.05) is 30.9 Å². The van der Waals surface area contributed by atoms with Crippen molar-refractivity contribution in [3.05, 3.63) is 64.7 Å². The lowest BCUT2D eigenvalue weighted by molar-refractivity contribution is 0.324. The van der Waals surface area contributed by atoms with Gasteiger partial charge in [0.1, 0.15) is 12.4 Å². The zero-order valence-corrected chi connectivity index (χ0v) is 15.9. The first-order valence-electron chi connectivity index (χ1n) is 7.68. The molecule has 0 atom stereocenters. The van der Waals surface area contributed by atoms with Gasteiger partial charge < -0.3 is 19.6 Å². The van der Waals surface area contributed by atoms with E-state index in [-0.39, 0.29) is 0 Å². The van der Waals surface area contributed by atoms with Crippen molar-refractivity contribution in [1.82, 2.24) is 5.43 Å². The molecule has 0 spiro atoms. The van der Waals surface area contributed by atoms with Crippen molar-refractivity contribution in [3.8, 4) is 17.2 Å². The predicted molar refractivity (Wildman–Crippen MR) is 104 cm³/mol. The van der Waals surface area contributed by atoms with E-state index in [2.05, 4.69) is 33.0 Å². The van der Waals surface area contributed by atoms with Crippen LogP contribution in [0.2, 0.25) is 0 Å². The second kappa shape index (κ2) is 9.74. The zero-order chi connectivity index (χ0) is 18.1. The Morgan fingerprint density at radius 3 is 2.64 bits per heavy atom. The van der Waals surface area contributed by atoms with Crippen LogP contribution in [0, 0.1) is 0 Å². The van der Waals surface area contributed by atoms with Gasteiger partial charge in [-0.2, -0.15) is 5.10 Å². The highest BCUT2D eigenvalue weighted by Crippen LogP contribution is 2.36. The summed E-state index contributed by atoms with van der Waals surface area (Å²) in [5.74, 6) is 2.10. The van der Waals surface area contributed by atoms with Crippen LogP contribution < -0.4 is 19.6 Å². The van der Waals surface area contributed by atoms with E-state index in [0.29, 0.717) is 24.7 Å². The number of halogens is 1. The molecule has 0 aliphatic carbocycles. The summed E-state index contributed by atoms with van der Waals surface area (Å²) in [7, 11) is 3.26. The molecule has 2 aromatic carbocycles. The molecule has 0 amide bonds. The van der Waals surface area contributed by atoms with Crippen molar-refractivity contribution in [2.75, 3.05) is 20.8 Å². The van der Waals surface area contributed by atoms with E-state index in [1.54, 1.807) is 26.5 Å². The summed E-state index contributed by atoms with van der Waals surface area (Å²) in [5, 5.41) is 4.26. The molecule has 0 aromatic heterocycles. The number of methoxy groups -OCH3 is 2. The molecule has 0 radical (unpaired) electrons. The number of hydrogen-bond acceptors (Lipinski definition) is 5. The summed E-state index contributed by atoms with van der Waals surface area (Å²) in [6.07, 6.45) is 3.41. The van der Waals surface area contributed by atoms with Gasteiger partial charge in [0.15, 0.2) is 11.5 Å². The molecule has 0 saturated carbocycles. The molecule has 0 aliphatic rings. The number of ether oxygens (including phenoxy) is 3. The standard InChI is InChI=1S/C19H21BrN2O3/c1-4-9-25-19-16(20)10-14(11-18(19)24-3)12-21-22-13-15-7-5-6-8-17(15)23-2/h4-8,10-12,22H,1,9,13H2,2-3H3/b21-12-. The van der Waals surface area contributed by atoms with Gasteiger partial charge in [-0.15, -0.1) is 0 Å². The fourth-order valence-corrected chi connectivity index (χ4v) is 2.77. The normalized spacial score (nSPS) is 10.5. The minimum Gasteiger partial charge on any atom is -0.496 e. The smallest absolute Gasteiger partial charge is 0.175 e. The molecule has 2 aromatic rings. The monoisotopic (exact) mass is 404 g/mol. The van der Waals surface area contributed by atoms with E-state index < -0.39 is 0 Å². The third-order valence-corrected chi connectivity index (χ3v) is 3.95. The SMILES string of the molecule is C=CCOc1c(Br)cc(/C=N\NCc2ccccc2OC)cc1OC. The van der Waals surface area contributed by atoms with E-state index in [1.807, 2.05) is 36.4 Å². The number of benzene rings is 2. The molecular formula is C19H21BrN2O3. The van der Waals surface area contributed by atoms with Crippen molar-refractivity contribution < 1.29 is 14.2 Å². The van der Waals surface area contributed by atoms with Gasteiger partial charge >= 0.3 is 0 Å². The van der Waals surface area contributed by atoms with Gasteiger partial charge in [0.25, 0.3) is 0 Å². The van der Waals surface area contributed by atoms with E-state index in [0.717, 1.165) is 21.3 Å². The molecule has 2 rings (SSSR count). The minimum atomic E-state index is 0.406. The Morgan fingerprint density at radius 1 is 1.16 bits per heavy atom. The second-order valence-electron chi connectivity index (χ2n) is 5.04. The maximum absolute atomic E-state index is 5.61. The zero-order valence-electron chi connectivity index (χ0n) is 14.3. The fourth-order valence-electron chi connectivity index (χ4n) is 2.20. The van der Waals surface area contributed by atoms with Gasteiger partial charge in [0.2, 0.25) is 0 Å². The van der Waals surface area contributed by atoms with Gasteiger partial charge in [0.05, 0.1) is 31.5 Å². The first-order chi connectivity index (χ1) is 12.2. The largest absolute Gasteiger partial charge is 0.496 e. The van der Waals surface area contributed by atoms with Crippen molar-refractivity contribution >= 4 is 22.1 Å². The predicted octanol–water partition coefficient (Wildman–Crippen LogP) is 4.15. The lowest BCUT2D eigenvalue weighted by Crippen LogP contribution is -2.07. The van der Waals surface area contributed by atoms with Crippen molar-refractivity contribution in [2.24, 2.45) is 5.10 Å². The highest BCUT2D eigenvalue weighted by molar-refractivity contribution is 9.10. The lowest BCUT2D eigenvalue weighted by Gasteiger charge is -2.12. The Labute approximate surface area is 156 Å². The average molecular weight is 405 g/mol. The van der Waals surface area contributed by atoms with Crippen molar-refractivity contribution in [3.63, 3.8) is 0 Å². The maximum Gasteiger partial charge on any atom is 0.175 e. The van der Waals surface area contributed by atoms with E-state index in [9.17, 15) is 0 Å². The molecule has 25 heavy (non-hydrogen) atoms. The third-order valence-electron chi connectivity index (χ3n) is 3.36. The van der Waals surface area contributed by atoms with Crippen LogP contribution in [0.4, 0.5) is 0 Å². The number of nitrogens with one attached hydrogen (secondary N) is 1. The Kier molecular flexibility index (Phi) is 7.35. The summed E-state index contributed by atoms with van der Waals surface area (Å²) in [5.41, 5.74) is 4.93. The molecule has 0 fully saturated rings. The van der Waals surface area contributed by atoms with Crippen molar-refractivity contribution in [1.29, 1.82) is 0 Å². The van der Waals surface area contributed by atoms with Gasteiger partial charge in [0, 0.05) is 5.56 Å². The van der Waals surface area contributed by atoms with Crippen molar-refractivity contribution in [2.45, 2.75) is 6.54 Å². The van der Waals surface area contributed by atoms with Crippen LogP contribution in [-0.2, 0) is 6.54 Å². The highest BCUT2D eigenvalue weighted by atomic mass is 79.9. The lowest BCUT2D eigenvalue weighted by atomic mass is 10.2. The average Bonchev–Trinajstić information content (AvgIpc) is 2.64. The Hall–Kier alpha value is -2.47. The summed E-state index contributed by atoms with van der Waals surface area (Å²) < 4.78 is 17.1. The number of hydrogen-bond donors (Lipinski definition) is 1. The first kappa shape index (κ1) is 18.9. The minimum absolute atomic E-state index is 0.406. The summed E-state index contributed by atoms with van der Waals surface area (Å²) in [6.45, 7) is 4.62. The fraction of sp³-hybridized carbons (Fsp3) is 0.211. The Balaban J connectivity index is 2.05. The Morgan fingerprint density at radius 2 is 1.92 bits per heavy atom. The molecule has 0 unspecified atom stereocenters. The molecule has 5 nitrogen and oxygen atoms in total. The van der Waals surface area contributed by atoms with Gasteiger partial charge in [-0.3, -0.25) is 0 Å². The second-order valence-corrected chi connectivity index (χ2v) is 5.89. The van der Waals surface area contributed by atoms with Crippen LogP contribution in [0.1, 0.15) is 11.1 Å². The molecule has 0 bridgehead atoms. The summed E-state index contributed by atoms with van der Waals surface area (Å²) >= 11 is 3.50. The van der Waals surface area contributed by atoms with Crippen LogP contribution >= 0.6 is 15.9 Å². The third kappa shape index (κ3) is 5.26. The van der Waals surface area contributed by atoms with E-state index in [4.69, 9.17) is 14.2 Å². The van der Waals surface area contributed by atoms with Gasteiger partial charge in [-0.05, 0) is 39.7 Å². The van der Waals surface area contributed by atoms with Crippen LogP contribution in [0.5, 0.6) is 17.2 Å². The van der Waals surface area contributed by atoms with Crippen LogP contribution in [0.3, 0.4) is 0 Å². The number of para-hydroxylation sites is 1. The molecule has 0 saturated heterocycles. The molecule has 6 heteroatoms. The van der Waals surface area contributed by atoms with Crippen LogP contribution in [0.25, 0.3) is 0 Å². The number of rotatable bonds is 9. The van der Waals surface area contributed by atoms with E-state index >= 15 is 0 Å². The Bertz CT molecular complexity index is 747. The molecule has 1 N–H and O–H groups in total. The first-order valence-corrected chi connectivity index (χ1v) is 8.48. The summed E-state index contributed by atoms with van der Waals surface area (Å²) in [4.78, 5) is 0. The molecule has 0 heterocycles. The molecule has 0 aliphatic heterocycles. The number of nitrogens with zero attached hydrogens (tertiary/aromatic N) is 1.